The minimum Gasteiger partial charge on any atom is -0.394 e. The molecule has 2 rings (SSSR count). The summed E-state index contributed by atoms with van der Waals surface area (Å²) < 4.78 is 1.83. The standard InChI is InChI=1S/C15H22N4/c1-4-7-13-14(16)15(19(3)18-13)17-10-12-9-6-5-8-11(12)2/h5-6,8-9,17H,4,7,10,16H2,1-3H3. The highest BCUT2D eigenvalue weighted by Crippen LogP contribution is 2.23. The van der Waals surface area contributed by atoms with Crippen LogP contribution < -0.4 is 11.1 Å². The zero-order valence-electron chi connectivity index (χ0n) is 11.9. The molecule has 1 aromatic carbocycles. The van der Waals surface area contributed by atoms with Gasteiger partial charge in [-0.2, -0.15) is 5.10 Å². The van der Waals surface area contributed by atoms with E-state index in [1.54, 1.807) is 0 Å². The number of aryl methyl sites for hydroxylation is 3. The molecule has 0 saturated heterocycles. The number of benzene rings is 1. The zero-order valence-corrected chi connectivity index (χ0v) is 11.9. The summed E-state index contributed by atoms with van der Waals surface area (Å²) in [6.45, 7) is 5.02. The second-order valence-electron chi connectivity index (χ2n) is 4.86. The molecule has 0 radical (unpaired) electrons. The smallest absolute Gasteiger partial charge is 0.148 e. The van der Waals surface area contributed by atoms with E-state index in [4.69, 9.17) is 5.73 Å². The maximum Gasteiger partial charge on any atom is 0.148 e. The number of nitrogens with one attached hydrogen (secondary N) is 1. The van der Waals surface area contributed by atoms with Crippen molar-refractivity contribution in [1.82, 2.24) is 9.78 Å². The van der Waals surface area contributed by atoms with Gasteiger partial charge in [-0.3, -0.25) is 4.68 Å². The molecule has 102 valence electrons. The van der Waals surface area contributed by atoms with Crippen LogP contribution >= 0.6 is 0 Å². The Morgan fingerprint density at radius 1 is 1.32 bits per heavy atom. The van der Waals surface area contributed by atoms with Gasteiger partial charge in [0.15, 0.2) is 0 Å². The van der Waals surface area contributed by atoms with Crippen LogP contribution in [0.25, 0.3) is 0 Å². The first-order valence-corrected chi connectivity index (χ1v) is 6.73. The van der Waals surface area contributed by atoms with Crippen molar-refractivity contribution in [2.24, 2.45) is 7.05 Å². The lowest BCUT2D eigenvalue weighted by molar-refractivity contribution is 0.735. The molecule has 0 bridgehead atoms. The SMILES string of the molecule is CCCc1nn(C)c(NCc2ccccc2C)c1N. The van der Waals surface area contributed by atoms with Gasteiger partial charge in [0.25, 0.3) is 0 Å². The highest BCUT2D eigenvalue weighted by molar-refractivity contribution is 5.65. The maximum absolute atomic E-state index is 6.15. The van der Waals surface area contributed by atoms with Gasteiger partial charge in [0, 0.05) is 13.6 Å². The summed E-state index contributed by atoms with van der Waals surface area (Å²) in [6.07, 6.45) is 1.98. The highest BCUT2D eigenvalue weighted by atomic mass is 15.3. The molecule has 0 amide bonds. The summed E-state index contributed by atoms with van der Waals surface area (Å²) >= 11 is 0. The van der Waals surface area contributed by atoms with Gasteiger partial charge >= 0.3 is 0 Å². The fraction of sp³-hybridized carbons (Fsp3) is 0.400. The van der Waals surface area contributed by atoms with Crippen molar-refractivity contribution < 1.29 is 0 Å². The third-order valence-corrected chi connectivity index (χ3v) is 3.35. The van der Waals surface area contributed by atoms with Gasteiger partial charge in [0.05, 0.1) is 11.4 Å². The quantitative estimate of drug-likeness (QED) is 0.867. The van der Waals surface area contributed by atoms with E-state index in [-0.39, 0.29) is 0 Å². The van der Waals surface area contributed by atoms with Gasteiger partial charge in [-0.15, -0.1) is 0 Å². The second kappa shape index (κ2) is 5.78. The molecule has 0 saturated carbocycles. The van der Waals surface area contributed by atoms with Gasteiger partial charge in [0.1, 0.15) is 5.82 Å². The summed E-state index contributed by atoms with van der Waals surface area (Å²) in [6, 6.07) is 8.35. The number of nitrogens with two attached hydrogens (primary N) is 1. The fourth-order valence-corrected chi connectivity index (χ4v) is 2.21. The molecular formula is C15H22N4. The van der Waals surface area contributed by atoms with Crippen molar-refractivity contribution in [3.8, 4) is 0 Å². The van der Waals surface area contributed by atoms with Crippen LogP contribution in [-0.4, -0.2) is 9.78 Å². The van der Waals surface area contributed by atoms with Crippen LogP contribution in [0.3, 0.4) is 0 Å². The lowest BCUT2D eigenvalue weighted by Gasteiger charge is -2.09. The van der Waals surface area contributed by atoms with Gasteiger partial charge in [-0.1, -0.05) is 37.6 Å². The van der Waals surface area contributed by atoms with E-state index >= 15 is 0 Å². The molecule has 4 heteroatoms. The van der Waals surface area contributed by atoms with Crippen LogP contribution in [0.2, 0.25) is 0 Å². The predicted octanol–water partition coefficient (Wildman–Crippen LogP) is 2.88. The molecule has 0 atom stereocenters. The van der Waals surface area contributed by atoms with E-state index in [1.807, 2.05) is 11.7 Å². The Morgan fingerprint density at radius 2 is 2.05 bits per heavy atom. The molecule has 0 aliphatic heterocycles. The molecule has 0 aliphatic carbocycles. The number of hydrogen-bond acceptors (Lipinski definition) is 3. The Kier molecular flexibility index (Phi) is 4.10. The number of hydrogen-bond donors (Lipinski definition) is 2. The van der Waals surface area contributed by atoms with Crippen molar-refractivity contribution in [3.63, 3.8) is 0 Å². The Balaban J connectivity index is 2.14. The molecule has 4 nitrogen and oxygen atoms in total. The molecule has 2 aromatic rings. The van der Waals surface area contributed by atoms with Crippen LogP contribution in [0, 0.1) is 6.92 Å². The topological polar surface area (TPSA) is 55.9 Å². The summed E-state index contributed by atoms with van der Waals surface area (Å²) in [7, 11) is 1.93. The first kappa shape index (κ1) is 13.5. The monoisotopic (exact) mass is 258 g/mol. The summed E-state index contributed by atoms with van der Waals surface area (Å²) in [5, 5.41) is 7.86. The van der Waals surface area contributed by atoms with Crippen LogP contribution in [0.5, 0.6) is 0 Å². The number of rotatable bonds is 5. The number of anilines is 2. The van der Waals surface area contributed by atoms with Crippen molar-refractivity contribution in [3.05, 3.63) is 41.1 Å². The lowest BCUT2D eigenvalue weighted by atomic mass is 10.1. The van der Waals surface area contributed by atoms with Crippen LogP contribution in [0.15, 0.2) is 24.3 Å². The average Bonchev–Trinajstić information content (AvgIpc) is 2.65. The molecule has 1 heterocycles. The molecule has 3 N–H and O–H groups in total. The van der Waals surface area contributed by atoms with Gasteiger partial charge in [0.2, 0.25) is 0 Å². The van der Waals surface area contributed by atoms with Crippen molar-refractivity contribution in [1.29, 1.82) is 0 Å². The second-order valence-corrected chi connectivity index (χ2v) is 4.86. The zero-order chi connectivity index (χ0) is 13.8. The number of aromatic nitrogens is 2. The first-order valence-electron chi connectivity index (χ1n) is 6.73. The molecule has 0 fully saturated rings. The summed E-state index contributed by atoms with van der Waals surface area (Å²) in [5.74, 6) is 0.909. The van der Waals surface area contributed by atoms with Crippen molar-refractivity contribution in [2.75, 3.05) is 11.1 Å². The molecule has 0 unspecified atom stereocenters. The Morgan fingerprint density at radius 3 is 2.74 bits per heavy atom. The van der Waals surface area contributed by atoms with Crippen LogP contribution in [0.1, 0.15) is 30.2 Å². The van der Waals surface area contributed by atoms with Crippen molar-refractivity contribution in [2.45, 2.75) is 33.2 Å². The summed E-state index contributed by atoms with van der Waals surface area (Å²) in [5.41, 5.74) is 10.5. The Bertz CT molecular complexity index is 557. The number of nitrogens with zero attached hydrogens (tertiary/aromatic N) is 2. The van der Waals surface area contributed by atoms with E-state index in [9.17, 15) is 0 Å². The first-order chi connectivity index (χ1) is 9.13. The van der Waals surface area contributed by atoms with Gasteiger partial charge in [-0.25, -0.2) is 0 Å². The van der Waals surface area contributed by atoms with E-state index < -0.39 is 0 Å². The van der Waals surface area contributed by atoms with Gasteiger partial charge in [-0.05, 0) is 24.5 Å². The third-order valence-electron chi connectivity index (χ3n) is 3.35. The largest absolute Gasteiger partial charge is 0.394 e. The van der Waals surface area contributed by atoms with E-state index in [2.05, 4.69) is 48.5 Å². The molecule has 0 spiro atoms. The average molecular weight is 258 g/mol. The normalized spacial score (nSPS) is 10.7. The molecule has 0 aliphatic rings. The highest BCUT2D eigenvalue weighted by Gasteiger charge is 2.12. The number of nitrogen functional groups attached to an aromatic ring is 1. The van der Waals surface area contributed by atoms with E-state index in [0.717, 1.165) is 36.6 Å². The minimum absolute atomic E-state index is 0.766. The van der Waals surface area contributed by atoms with Crippen LogP contribution in [0.4, 0.5) is 11.5 Å². The molecular weight excluding hydrogens is 236 g/mol. The predicted molar refractivity (Wildman–Crippen MR) is 80.1 cm³/mol. The Hall–Kier alpha value is -1.97. The maximum atomic E-state index is 6.15. The Labute approximate surface area is 114 Å². The minimum atomic E-state index is 0.766. The molecule has 1 aromatic heterocycles. The van der Waals surface area contributed by atoms with Crippen LogP contribution in [-0.2, 0) is 20.0 Å². The summed E-state index contributed by atoms with van der Waals surface area (Å²) in [4.78, 5) is 0. The fourth-order valence-electron chi connectivity index (χ4n) is 2.21. The molecule has 19 heavy (non-hydrogen) atoms. The van der Waals surface area contributed by atoms with E-state index in [1.165, 1.54) is 11.1 Å². The van der Waals surface area contributed by atoms with E-state index in [0.29, 0.717) is 0 Å². The van der Waals surface area contributed by atoms with Gasteiger partial charge < -0.3 is 11.1 Å². The third kappa shape index (κ3) is 2.89. The lowest BCUT2D eigenvalue weighted by Crippen LogP contribution is -2.07. The van der Waals surface area contributed by atoms with Crippen molar-refractivity contribution >= 4 is 11.5 Å².